The fraction of sp³-hybridized carbons (Fsp3) is 0.182. The molecule has 3 aromatic carbocycles. The maximum atomic E-state index is 13.4. The van der Waals surface area contributed by atoms with E-state index in [0.717, 1.165) is 16.9 Å². The Morgan fingerprint density at radius 2 is 1.48 bits per heavy atom. The Balaban J connectivity index is 1.80. The quantitative estimate of drug-likeness (QED) is 0.683. The summed E-state index contributed by atoms with van der Waals surface area (Å²) in [4.78, 5) is 0.322. The van der Waals surface area contributed by atoms with E-state index in [1.807, 2.05) is 48.5 Å². The highest BCUT2D eigenvalue weighted by Crippen LogP contribution is 2.37. The highest BCUT2D eigenvalue weighted by molar-refractivity contribution is 7.89. The van der Waals surface area contributed by atoms with Crippen molar-refractivity contribution >= 4 is 10.0 Å². The third-order valence-electron chi connectivity index (χ3n) is 5.06. The lowest BCUT2D eigenvalue weighted by Crippen LogP contribution is -2.38. The Hall–Kier alpha value is -2.63. The van der Waals surface area contributed by atoms with Crippen LogP contribution in [0.4, 0.5) is 0 Å². The molecule has 3 aromatic rings. The number of hydrogen-bond acceptors (Lipinski definition) is 3. The summed E-state index contributed by atoms with van der Waals surface area (Å²) in [6, 6.07) is 24.1. The van der Waals surface area contributed by atoms with Gasteiger partial charge in [0.2, 0.25) is 10.0 Å². The SMILES string of the molecule is COc1ccc(C2Cc3ccccc3CN2S(=O)(=O)c2ccccc2)cc1. The van der Waals surface area contributed by atoms with Crippen molar-refractivity contribution in [2.75, 3.05) is 7.11 Å². The minimum absolute atomic E-state index is 0.254. The molecule has 1 aliphatic rings. The Kier molecular flexibility index (Phi) is 4.72. The summed E-state index contributed by atoms with van der Waals surface area (Å²) in [5, 5.41) is 0. The topological polar surface area (TPSA) is 46.6 Å². The van der Waals surface area contributed by atoms with Crippen LogP contribution < -0.4 is 4.74 Å². The second kappa shape index (κ2) is 7.18. The van der Waals surface area contributed by atoms with Crippen molar-refractivity contribution in [3.05, 3.63) is 95.6 Å². The zero-order chi connectivity index (χ0) is 18.9. The van der Waals surface area contributed by atoms with Crippen LogP contribution in [-0.2, 0) is 23.0 Å². The van der Waals surface area contributed by atoms with Crippen molar-refractivity contribution in [1.29, 1.82) is 0 Å². The first-order chi connectivity index (χ1) is 13.1. The van der Waals surface area contributed by atoms with Crippen LogP contribution in [0.15, 0.2) is 83.8 Å². The average molecular weight is 379 g/mol. The van der Waals surface area contributed by atoms with E-state index in [2.05, 4.69) is 6.07 Å². The van der Waals surface area contributed by atoms with Gasteiger partial charge in [-0.2, -0.15) is 4.31 Å². The maximum Gasteiger partial charge on any atom is 0.243 e. The number of benzene rings is 3. The number of hydrogen-bond donors (Lipinski definition) is 0. The van der Waals surface area contributed by atoms with Crippen molar-refractivity contribution < 1.29 is 13.2 Å². The Morgan fingerprint density at radius 3 is 2.15 bits per heavy atom. The van der Waals surface area contributed by atoms with E-state index in [0.29, 0.717) is 17.9 Å². The van der Waals surface area contributed by atoms with Crippen LogP contribution in [0.2, 0.25) is 0 Å². The first-order valence-electron chi connectivity index (χ1n) is 8.87. The van der Waals surface area contributed by atoms with Crippen molar-refractivity contribution in [2.24, 2.45) is 0 Å². The first kappa shape index (κ1) is 17.8. The van der Waals surface area contributed by atoms with E-state index < -0.39 is 10.0 Å². The second-order valence-corrected chi connectivity index (χ2v) is 8.52. The first-order valence-corrected chi connectivity index (χ1v) is 10.3. The standard InChI is InChI=1S/C22H21NO3S/c1-26-20-13-11-17(12-14-20)22-15-18-7-5-6-8-19(18)16-23(22)27(24,25)21-9-3-2-4-10-21/h2-14,22H,15-16H2,1H3. The van der Waals surface area contributed by atoms with E-state index in [1.165, 1.54) is 5.56 Å². The van der Waals surface area contributed by atoms with Gasteiger partial charge in [-0.25, -0.2) is 8.42 Å². The van der Waals surface area contributed by atoms with Gasteiger partial charge in [0.25, 0.3) is 0 Å². The molecule has 1 heterocycles. The summed E-state index contributed by atoms with van der Waals surface area (Å²) in [6.07, 6.45) is 0.647. The molecule has 4 nitrogen and oxygen atoms in total. The molecular weight excluding hydrogens is 358 g/mol. The summed E-state index contributed by atoms with van der Waals surface area (Å²) in [5.41, 5.74) is 3.21. The number of fused-ring (bicyclic) bond motifs is 1. The maximum absolute atomic E-state index is 13.4. The van der Waals surface area contributed by atoms with Gasteiger partial charge in [0.05, 0.1) is 18.0 Å². The molecule has 0 fully saturated rings. The molecule has 4 rings (SSSR count). The number of sulfonamides is 1. The monoisotopic (exact) mass is 379 g/mol. The van der Waals surface area contributed by atoms with Gasteiger partial charge < -0.3 is 4.74 Å². The molecule has 0 aromatic heterocycles. The van der Waals surface area contributed by atoms with Crippen molar-refractivity contribution in [2.45, 2.75) is 23.9 Å². The molecule has 1 aliphatic heterocycles. The molecule has 0 spiro atoms. The van der Waals surface area contributed by atoms with E-state index >= 15 is 0 Å². The fourth-order valence-electron chi connectivity index (χ4n) is 3.59. The van der Waals surface area contributed by atoms with Crippen molar-refractivity contribution in [3.63, 3.8) is 0 Å². The third-order valence-corrected chi connectivity index (χ3v) is 6.92. The number of nitrogens with zero attached hydrogens (tertiary/aromatic N) is 1. The molecule has 0 bridgehead atoms. The highest BCUT2D eigenvalue weighted by atomic mass is 32.2. The lowest BCUT2D eigenvalue weighted by molar-refractivity contribution is 0.296. The molecule has 0 saturated carbocycles. The normalized spacial score (nSPS) is 17.3. The molecule has 0 radical (unpaired) electrons. The van der Waals surface area contributed by atoms with Crippen molar-refractivity contribution in [1.82, 2.24) is 4.31 Å². The summed E-state index contributed by atoms with van der Waals surface area (Å²) in [5.74, 6) is 0.757. The summed E-state index contributed by atoms with van der Waals surface area (Å²) >= 11 is 0. The van der Waals surface area contributed by atoms with Crippen LogP contribution in [0, 0.1) is 0 Å². The molecular formula is C22H21NO3S. The lowest BCUT2D eigenvalue weighted by atomic mass is 9.92. The fourth-order valence-corrected chi connectivity index (χ4v) is 5.20. The smallest absolute Gasteiger partial charge is 0.243 e. The Bertz CT molecular complexity index is 1030. The molecule has 1 atom stereocenters. The van der Waals surface area contributed by atoms with E-state index in [1.54, 1.807) is 35.7 Å². The molecule has 0 N–H and O–H groups in total. The lowest BCUT2D eigenvalue weighted by Gasteiger charge is -2.36. The van der Waals surface area contributed by atoms with Crippen molar-refractivity contribution in [3.8, 4) is 5.75 Å². The van der Waals surface area contributed by atoms with E-state index in [4.69, 9.17) is 4.74 Å². The largest absolute Gasteiger partial charge is 0.497 e. The molecule has 27 heavy (non-hydrogen) atoms. The number of ether oxygens (including phenoxy) is 1. The van der Waals surface area contributed by atoms with Crippen LogP contribution in [0.3, 0.4) is 0 Å². The van der Waals surface area contributed by atoms with Gasteiger partial charge >= 0.3 is 0 Å². The van der Waals surface area contributed by atoms with Crippen LogP contribution >= 0.6 is 0 Å². The molecule has 1 unspecified atom stereocenters. The zero-order valence-electron chi connectivity index (χ0n) is 15.1. The zero-order valence-corrected chi connectivity index (χ0v) is 15.9. The van der Waals surface area contributed by atoms with Crippen LogP contribution in [0.25, 0.3) is 0 Å². The summed E-state index contributed by atoms with van der Waals surface area (Å²) in [7, 11) is -1.99. The Labute approximate surface area is 160 Å². The van der Waals surface area contributed by atoms with Gasteiger partial charge in [-0.1, -0.05) is 54.6 Å². The predicted octanol–water partition coefficient (Wildman–Crippen LogP) is 4.18. The second-order valence-electron chi connectivity index (χ2n) is 6.63. The van der Waals surface area contributed by atoms with Crippen LogP contribution in [0.1, 0.15) is 22.7 Å². The third kappa shape index (κ3) is 3.36. The average Bonchev–Trinajstić information content (AvgIpc) is 2.73. The molecule has 138 valence electrons. The Morgan fingerprint density at radius 1 is 0.852 bits per heavy atom. The van der Waals surface area contributed by atoms with Gasteiger partial charge in [-0.05, 0) is 47.4 Å². The molecule has 0 aliphatic carbocycles. The molecule has 0 amide bonds. The van der Waals surface area contributed by atoms with Gasteiger partial charge in [-0.15, -0.1) is 0 Å². The molecule has 5 heteroatoms. The summed E-state index contributed by atoms with van der Waals surface area (Å²) < 4.78 is 33.7. The van der Waals surface area contributed by atoms with Gasteiger partial charge in [-0.3, -0.25) is 0 Å². The van der Waals surface area contributed by atoms with Crippen LogP contribution in [-0.4, -0.2) is 19.8 Å². The van der Waals surface area contributed by atoms with Crippen LogP contribution in [0.5, 0.6) is 5.75 Å². The van der Waals surface area contributed by atoms with E-state index in [-0.39, 0.29) is 6.04 Å². The highest BCUT2D eigenvalue weighted by Gasteiger charge is 2.36. The van der Waals surface area contributed by atoms with Gasteiger partial charge in [0, 0.05) is 6.54 Å². The minimum atomic E-state index is -3.62. The minimum Gasteiger partial charge on any atom is -0.497 e. The van der Waals surface area contributed by atoms with Gasteiger partial charge in [0.15, 0.2) is 0 Å². The predicted molar refractivity (Wildman–Crippen MR) is 105 cm³/mol. The number of methoxy groups -OCH3 is 1. The molecule has 0 saturated heterocycles. The van der Waals surface area contributed by atoms with Gasteiger partial charge in [0.1, 0.15) is 5.75 Å². The number of rotatable bonds is 4. The summed E-state index contributed by atoms with van der Waals surface area (Å²) in [6.45, 7) is 0.365. The van der Waals surface area contributed by atoms with E-state index in [9.17, 15) is 8.42 Å².